The highest BCUT2D eigenvalue weighted by molar-refractivity contribution is 6.13. The van der Waals surface area contributed by atoms with Gasteiger partial charge in [0.05, 0.1) is 0 Å². The van der Waals surface area contributed by atoms with Crippen molar-refractivity contribution < 1.29 is 4.42 Å². The van der Waals surface area contributed by atoms with Gasteiger partial charge in [-0.2, -0.15) is 0 Å². The van der Waals surface area contributed by atoms with E-state index in [-0.39, 0.29) is 0 Å². The van der Waals surface area contributed by atoms with Gasteiger partial charge in [-0.05, 0) is 51.6 Å². The van der Waals surface area contributed by atoms with Gasteiger partial charge in [0.2, 0.25) is 0 Å². The van der Waals surface area contributed by atoms with Crippen LogP contribution in [0.25, 0.3) is 89.5 Å². The normalized spacial score (nSPS) is 11.3. The summed E-state index contributed by atoms with van der Waals surface area (Å²) in [6.07, 6.45) is 0. The van der Waals surface area contributed by atoms with Crippen LogP contribution in [0, 0.1) is 0 Å². The summed E-state index contributed by atoms with van der Waals surface area (Å²) in [5.41, 5.74) is 11.2. The number of aromatic nitrogens is 3. The molecule has 9 rings (SSSR count). The van der Waals surface area contributed by atoms with Crippen LogP contribution in [0.4, 0.5) is 0 Å². The fourth-order valence-corrected chi connectivity index (χ4v) is 6.48. The van der Waals surface area contributed by atoms with Crippen molar-refractivity contribution in [2.75, 3.05) is 0 Å². The van der Waals surface area contributed by atoms with Crippen molar-refractivity contribution in [3.05, 3.63) is 176 Å². The Hall–Kier alpha value is -6.65. The van der Waals surface area contributed by atoms with Crippen LogP contribution in [0.3, 0.4) is 0 Å². The molecule has 0 aliphatic carbocycles. The molecule has 0 saturated heterocycles. The largest absolute Gasteiger partial charge is 0.456 e. The maximum Gasteiger partial charge on any atom is 0.164 e. The van der Waals surface area contributed by atoms with E-state index in [0.29, 0.717) is 17.5 Å². The molecule has 0 amide bonds. The molecule has 0 saturated carbocycles. The molecule has 230 valence electrons. The van der Waals surface area contributed by atoms with Crippen LogP contribution in [-0.4, -0.2) is 15.0 Å². The summed E-state index contributed by atoms with van der Waals surface area (Å²) in [4.78, 5) is 15.1. The highest BCUT2D eigenvalue weighted by Crippen LogP contribution is 2.40. The first-order valence-corrected chi connectivity index (χ1v) is 16.4. The van der Waals surface area contributed by atoms with Crippen LogP contribution in [0.2, 0.25) is 0 Å². The number of hydrogen-bond acceptors (Lipinski definition) is 4. The number of furan rings is 1. The highest BCUT2D eigenvalue weighted by atomic mass is 16.3. The van der Waals surface area contributed by atoms with Crippen molar-refractivity contribution in [2.45, 2.75) is 0 Å². The molecule has 0 unspecified atom stereocenters. The van der Waals surface area contributed by atoms with E-state index in [1.165, 1.54) is 11.1 Å². The molecule has 0 fully saturated rings. The van der Waals surface area contributed by atoms with Gasteiger partial charge >= 0.3 is 0 Å². The highest BCUT2D eigenvalue weighted by Gasteiger charge is 2.18. The second kappa shape index (κ2) is 12.2. The van der Waals surface area contributed by atoms with Gasteiger partial charge in [-0.15, -0.1) is 0 Å². The lowest BCUT2D eigenvalue weighted by Gasteiger charge is -2.11. The average Bonchev–Trinajstić information content (AvgIpc) is 3.57. The summed E-state index contributed by atoms with van der Waals surface area (Å²) in [5.74, 6) is 1.82. The molecular weight excluding hydrogens is 599 g/mol. The fourth-order valence-electron chi connectivity index (χ4n) is 6.48. The van der Waals surface area contributed by atoms with Crippen LogP contribution in [-0.2, 0) is 0 Å². The Kier molecular flexibility index (Phi) is 7.10. The molecule has 0 N–H and O–H groups in total. The topological polar surface area (TPSA) is 51.8 Å². The molecule has 0 bridgehead atoms. The second-order valence-corrected chi connectivity index (χ2v) is 12.1. The van der Waals surface area contributed by atoms with Gasteiger partial charge in [0.15, 0.2) is 17.5 Å². The van der Waals surface area contributed by atoms with E-state index < -0.39 is 0 Å². The third kappa shape index (κ3) is 5.45. The lowest BCUT2D eigenvalue weighted by atomic mass is 9.97. The minimum absolute atomic E-state index is 0.587. The quantitative estimate of drug-likeness (QED) is 0.184. The van der Waals surface area contributed by atoms with Crippen molar-refractivity contribution in [2.24, 2.45) is 0 Å². The maximum atomic E-state index is 6.42. The first kappa shape index (κ1) is 28.6. The molecule has 2 heterocycles. The van der Waals surface area contributed by atoms with E-state index in [9.17, 15) is 0 Å². The molecule has 4 nitrogen and oxygen atoms in total. The van der Waals surface area contributed by atoms with E-state index >= 15 is 0 Å². The van der Waals surface area contributed by atoms with Gasteiger partial charge in [-0.25, -0.2) is 15.0 Å². The number of rotatable bonds is 6. The van der Waals surface area contributed by atoms with Crippen molar-refractivity contribution in [1.82, 2.24) is 15.0 Å². The molecule has 49 heavy (non-hydrogen) atoms. The first-order valence-electron chi connectivity index (χ1n) is 16.4. The number of benzene rings is 7. The Balaban J connectivity index is 1.16. The standard InChI is InChI=1S/C45H29N3O/c1-4-12-30(13-5-1)31-20-22-32(23-21-31)33-24-26-36(27-25-33)44-46-43(35-16-8-3-9-17-35)47-45(48-44)37-28-39(34-14-6-2-7-15-34)42-38-18-10-11-19-40(38)49-41(42)29-37/h1-29H. The molecule has 0 spiro atoms. The lowest BCUT2D eigenvalue weighted by molar-refractivity contribution is 0.669. The summed E-state index contributed by atoms with van der Waals surface area (Å²) < 4.78 is 6.42. The molecule has 2 aromatic heterocycles. The zero-order chi connectivity index (χ0) is 32.6. The van der Waals surface area contributed by atoms with Crippen LogP contribution >= 0.6 is 0 Å². The smallest absolute Gasteiger partial charge is 0.164 e. The van der Waals surface area contributed by atoms with E-state index in [1.54, 1.807) is 0 Å². The Morgan fingerprint density at radius 1 is 0.306 bits per heavy atom. The zero-order valence-electron chi connectivity index (χ0n) is 26.5. The third-order valence-corrected chi connectivity index (χ3v) is 8.96. The van der Waals surface area contributed by atoms with Crippen LogP contribution in [0.5, 0.6) is 0 Å². The van der Waals surface area contributed by atoms with Crippen molar-refractivity contribution in [1.29, 1.82) is 0 Å². The summed E-state index contributed by atoms with van der Waals surface area (Å²) >= 11 is 0. The predicted molar refractivity (Wildman–Crippen MR) is 200 cm³/mol. The van der Waals surface area contributed by atoms with Crippen LogP contribution in [0.15, 0.2) is 180 Å². The lowest BCUT2D eigenvalue weighted by Crippen LogP contribution is -2.00. The summed E-state index contributed by atoms with van der Waals surface area (Å²) in [6, 6.07) is 60.5. The second-order valence-electron chi connectivity index (χ2n) is 12.1. The van der Waals surface area contributed by atoms with Gasteiger partial charge in [-0.1, -0.05) is 158 Å². The minimum atomic E-state index is 0.587. The van der Waals surface area contributed by atoms with Crippen molar-refractivity contribution in [3.8, 4) is 67.5 Å². The molecule has 9 aromatic rings. The molecule has 0 atom stereocenters. The van der Waals surface area contributed by atoms with Gasteiger partial charge in [0.25, 0.3) is 0 Å². The van der Waals surface area contributed by atoms with Crippen molar-refractivity contribution >= 4 is 21.9 Å². The average molecular weight is 628 g/mol. The summed E-state index contributed by atoms with van der Waals surface area (Å²) in [6.45, 7) is 0. The van der Waals surface area contributed by atoms with Crippen LogP contribution in [0.1, 0.15) is 0 Å². The van der Waals surface area contributed by atoms with Gasteiger partial charge in [0.1, 0.15) is 11.2 Å². The van der Waals surface area contributed by atoms with E-state index in [0.717, 1.165) is 60.9 Å². The zero-order valence-corrected chi connectivity index (χ0v) is 26.5. The minimum Gasteiger partial charge on any atom is -0.456 e. The Morgan fingerprint density at radius 3 is 1.29 bits per heavy atom. The number of fused-ring (bicyclic) bond motifs is 3. The number of hydrogen-bond donors (Lipinski definition) is 0. The number of nitrogens with zero attached hydrogens (tertiary/aromatic N) is 3. The SMILES string of the molecule is c1ccc(-c2ccc(-c3ccc(-c4nc(-c5ccccc5)nc(-c5cc(-c6ccccc6)c6c(c5)oc5ccccc56)n4)cc3)cc2)cc1. The molecule has 4 heteroatoms. The third-order valence-electron chi connectivity index (χ3n) is 8.96. The predicted octanol–water partition coefficient (Wildman–Crippen LogP) is 11.8. The Morgan fingerprint density at radius 2 is 0.714 bits per heavy atom. The number of para-hydroxylation sites is 1. The van der Waals surface area contributed by atoms with E-state index in [1.807, 2.05) is 54.6 Å². The molecule has 0 radical (unpaired) electrons. The molecule has 0 aliphatic rings. The molecule has 7 aromatic carbocycles. The van der Waals surface area contributed by atoms with Crippen LogP contribution < -0.4 is 0 Å². The Bertz CT molecular complexity index is 2560. The van der Waals surface area contributed by atoms with Gasteiger partial charge in [-0.3, -0.25) is 0 Å². The Labute approximate surface area is 284 Å². The van der Waals surface area contributed by atoms with Gasteiger partial charge < -0.3 is 4.42 Å². The summed E-state index contributed by atoms with van der Waals surface area (Å²) in [7, 11) is 0. The molecule has 0 aliphatic heterocycles. The van der Waals surface area contributed by atoms with E-state index in [4.69, 9.17) is 19.4 Å². The fraction of sp³-hybridized carbons (Fsp3) is 0. The monoisotopic (exact) mass is 627 g/mol. The van der Waals surface area contributed by atoms with E-state index in [2.05, 4.69) is 121 Å². The summed E-state index contributed by atoms with van der Waals surface area (Å²) in [5, 5.41) is 2.16. The molecular formula is C45H29N3O. The maximum absolute atomic E-state index is 6.42. The first-order chi connectivity index (χ1) is 24.3. The van der Waals surface area contributed by atoms with Crippen molar-refractivity contribution in [3.63, 3.8) is 0 Å². The van der Waals surface area contributed by atoms with Gasteiger partial charge in [0, 0.05) is 27.5 Å².